The summed E-state index contributed by atoms with van der Waals surface area (Å²) < 4.78 is 0. The molecule has 1 heterocycles. The van der Waals surface area contributed by atoms with Crippen LogP contribution in [0.2, 0.25) is 0 Å². The lowest BCUT2D eigenvalue weighted by atomic mass is 9.95. The molecule has 0 spiro atoms. The topological polar surface area (TPSA) is 44.4 Å². The zero-order valence-corrected chi connectivity index (χ0v) is 16.6. The molecule has 0 aromatic heterocycles. The Morgan fingerprint density at radius 2 is 1.54 bits per heavy atom. The van der Waals surface area contributed by atoms with Gasteiger partial charge in [-0.25, -0.2) is 0 Å². The molecule has 142 valence electrons. The van der Waals surface area contributed by atoms with Crippen LogP contribution in [0.25, 0.3) is 0 Å². The summed E-state index contributed by atoms with van der Waals surface area (Å²) in [7, 11) is 0. The summed E-state index contributed by atoms with van der Waals surface area (Å²) in [6, 6.07) is 0.595. The maximum absolute atomic E-state index is 12.2. The van der Waals surface area contributed by atoms with Crippen LogP contribution in [0, 0.1) is 11.8 Å². The van der Waals surface area contributed by atoms with Crippen LogP contribution in [-0.2, 0) is 4.79 Å². The minimum atomic E-state index is 0.246. The van der Waals surface area contributed by atoms with Gasteiger partial charge in [0.25, 0.3) is 0 Å². The minimum Gasteiger partial charge on any atom is -0.356 e. The predicted octanol–water partition coefficient (Wildman–Crippen LogP) is 3.42. The van der Waals surface area contributed by atoms with Crippen molar-refractivity contribution >= 4 is 5.91 Å². The first-order valence-corrected chi connectivity index (χ1v) is 10.2. The molecule has 1 rings (SSSR count). The van der Waals surface area contributed by atoms with Crippen molar-refractivity contribution in [2.24, 2.45) is 11.8 Å². The Morgan fingerprint density at radius 1 is 0.958 bits per heavy atom. The SMILES string of the molecule is CC(C)CN1CCC(C(=O)NCCCCCCCNC(C)C)CC1. The molecule has 0 unspecified atom stereocenters. The molecule has 0 saturated carbocycles. The lowest BCUT2D eigenvalue weighted by Gasteiger charge is -2.32. The van der Waals surface area contributed by atoms with Crippen molar-refractivity contribution in [3.05, 3.63) is 0 Å². The van der Waals surface area contributed by atoms with Gasteiger partial charge in [0, 0.05) is 25.0 Å². The number of rotatable bonds is 12. The molecule has 1 fully saturated rings. The molecule has 1 saturated heterocycles. The summed E-state index contributed by atoms with van der Waals surface area (Å²) >= 11 is 0. The van der Waals surface area contributed by atoms with Crippen LogP contribution in [0.4, 0.5) is 0 Å². The molecule has 4 nitrogen and oxygen atoms in total. The molecule has 0 aromatic rings. The first-order chi connectivity index (χ1) is 11.5. The fourth-order valence-corrected chi connectivity index (χ4v) is 3.42. The monoisotopic (exact) mass is 339 g/mol. The molecule has 0 bridgehead atoms. The van der Waals surface area contributed by atoms with E-state index >= 15 is 0 Å². The van der Waals surface area contributed by atoms with Crippen LogP contribution in [0.5, 0.6) is 0 Å². The molecule has 2 N–H and O–H groups in total. The van der Waals surface area contributed by atoms with E-state index in [4.69, 9.17) is 0 Å². The summed E-state index contributed by atoms with van der Waals surface area (Å²) in [6.45, 7) is 14.2. The second-order valence-electron chi connectivity index (χ2n) is 8.14. The molecular formula is C20H41N3O. The highest BCUT2D eigenvalue weighted by atomic mass is 16.1. The van der Waals surface area contributed by atoms with Crippen molar-refractivity contribution in [2.75, 3.05) is 32.7 Å². The van der Waals surface area contributed by atoms with E-state index in [1.807, 2.05) is 0 Å². The number of carbonyl (C=O) groups is 1. The number of likely N-dealkylation sites (tertiary alicyclic amines) is 1. The van der Waals surface area contributed by atoms with E-state index in [2.05, 4.69) is 43.2 Å². The van der Waals surface area contributed by atoms with Crippen molar-refractivity contribution < 1.29 is 4.79 Å². The third kappa shape index (κ3) is 10.3. The highest BCUT2D eigenvalue weighted by molar-refractivity contribution is 5.78. The Bertz CT molecular complexity index is 323. The summed E-state index contributed by atoms with van der Waals surface area (Å²) in [5.41, 5.74) is 0. The van der Waals surface area contributed by atoms with Crippen molar-refractivity contribution in [1.29, 1.82) is 0 Å². The molecule has 0 aliphatic carbocycles. The summed E-state index contributed by atoms with van der Waals surface area (Å²) in [5.74, 6) is 1.26. The van der Waals surface area contributed by atoms with Crippen molar-refractivity contribution in [2.45, 2.75) is 78.7 Å². The molecule has 1 amide bonds. The number of hydrogen-bond donors (Lipinski definition) is 2. The number of amides is 1. The van der Waals surface area contributed by atoms with Gasteiger partial charge in [0.05, 0.1) is 0 Å². The Morgan fingerprint density at radius 3 is 2.12 bits per heavy atom. The van der Waals surface area contributed by atoms with Crippen molar-refractivity contribution in [1.82, 2.24) is 15.5 Å². The Balaban J connectivity index is 1.95. The first kappa shape index (κ1) is 21.4. The third-order valence-corrected chi connectivity index (χ3v) is 4.79. The maximum Gasteiger partial charge on any atom is 0.223 e. The standard InChI is InChI=1S/C20H41N3O/c1-17(2)16-23-14-10-19(11-15-23)20(24)22-13-9-7-5-6-8-12-21-18(3)4/h17-19,21H,5-16H2,1-4H3,(H,22,24). The van der Waals surface area contributed by atoms with Crippen LogP contribution in [0.3, 0.4) is 0 Å². The average molecular weight is 340 g/mol. The van der Waals surface area contributed by atoms with Gasteiger partial charge in [-0.2, -0.15) is 0 Å². The lowest BCUT2D eigenvalue weighted by molar-refractivity contribution is -0.126. The summed E-state index contributed by atoms with van der Waals surface area (Å²) in [6.07, 6.45) is 8.25. The van der Waals surface area contributed by atoms with Gasteiger partial charge >= 0.3 is 0 Å². The third-order valence-electron chi connectivity index (χ3n) is 4.79. The van der Waals surface area contributed by atoms with Gasteiger partial charge in [0.15, 0.2) is 0 Å². The van der Waals surface area contributed by atoms with Crippen LogP contribution in [-0.4, -0.2) is 49.6 Å². The van der Waals surface area contributed by atoms with Crippen molar-refractivity contribution in [3.63, 3.8) is 0 Å². The fraction of sp³-hybridized carbons (Fsp3) is 0.950. The van der Waals surface area contributed by atoms with Gasteiger partial charge in [-0.05, 0) is 51.2 Å². The molecule has 1 aliphatic rings. The number of hydrogen-bond acceptors (Lipinski definition) is 3. The van der Waals surface area contributed by atoms with Gasteiger partial charge in [0.2, 0.25) is 5.91 Å². The average Bonchev–Trinajstić information content (AvgIpc) is 2.53. The molecule has 1 aliphatic heterocycles. The van der Waals surface area contributed by atoms with Crippen LogP contribution < -0.4 is 10.6 Å². The quantitative estimate of drug-likeness (QED) is 0.536. The fourth-order valence-electron chi connectivity index (χ4n) is 3.42. The van der Waals surface area contributed by atoms with Crippen molar-refractivity contribution in [3.8, 4) is 0 Å². The molecule has 0 atom stereocenters. The molecule has 24 heavy (non-hydrogen) atoms. The second kappa shape index (κ2) is 12.7. The van der Waals surface area contributed by atoms with Gasteiger partial charge in [-0.15, -0.1) is 0 Å². The molecular weight excluding hydrogens is 298 g/mol. The van der Waals surface area contributed by atoms with Gasteiger partial charge in [-0.3, -0.25) is 4.79 Å². The van der Waals surface area contributed by atoms with E-state index in [0.717, 1.165) is 51.4 Å². The highest BCUT2D eigenvalue weighted by Gasteiger charge is 2.24. The lowest BCUT2D eigenvalue weighted by Crippen LogP contribution is -2.41. The number of nitrogens with zero attached hydrogens (tertiary/aromatic N) is 1. The smallest absolute Gasteiger partial charge is 0.223 e. The number of carbonyl (C=O) groups excluding carboxylic acids is 1. The van der Waals surface area contributed by atoms with Crippen LogP contribution in [0.1, 0.15) is 72.6 Å². The molecule has 0 radical (unpaired) electrons. The predicted molar refractivity (Wildman–Crippen MR) is 103 cm³/mol. The number of unbranched alkanes of at least 4 members (excludes halogenated alkanes) is 4. The Hall–Kier alpha value is -0.610. The normalized spacial score (nSPS) is 16.9. The van der Waals surface area contributed by atoms with Gasteiger partial charge in [0.1, 0.15) is 0 Å². The van der Waals surface area contributed by atoms with E-state index in [1.165, 1.54) is 32.2 Å². The summed E-state index contributed by atoms with van der Waals surface area (Å²) in [4.78, 5) is 14.7. The van der Waals surface area contributed by atoms with E-state index in [0.29, 0.717) is 11.9 Å². The van der Waals surface area contributed by atoms with E-state index in [1.54, 1.807) is 0 Å². The van der Waals surface area contributed by atoms with E-state index in [9.17, 15) is 4.79 Å². The van der Waals surface area contributed by atoms with Gasteiger partial charge in [-0.1, -0.05) is 47.0 Å². The Kier molecular flexibility index (Phi) is 11.4. The number of piperidine rings is 1. The zero-order chi connectivity index (χ0) is 17.8. The first-order valence-electron chi connectivity index (χ1n) is 10.2. The Labute approximate surface area is 150 Å². The minimum absolute atomic E-state index is 0.246. The largest absolute Gasteiger partial charge is 0.356 e. The number of nitrogens with one attached hydrogen (secondary N) is 2. The molecule has 4 heteroatoms. The van der Waals surface area contributed by atoms with Crippen LogP contribution in [0.15, 0.2) is 0 Å². The van der Waals surface area contributed by atoms with Gasteiger partial charge < -0.3 is 15.5 Å². The summed E-state index contributed by atoms with van der Waals surface area (Å²) in [5, 5.41) is 6.61. The highest BCUT2D eigenvalue weighted by Crippen LogP contribution is 2.18. The maximum atomic E-state index is 12.2. The van der Waals surface area contributed by atoms with E-state index < -0.39 is 0 Å². The zero-order valence-electron chi connectivity index (χ0n) is 16.6. The van der Waals surface area contributed by atoms with E-state index in [-0.39, 0.29) is 5.92 Å². The molecule has 0 aromatic carbocycles. The second-order valence-corrected chi connectivity index (χ2v) is 8.14. The van der Waals surface area contributed by atoms with Crippen LogP contribution >= 0.6 is 0 Å².